The minimum absolute atomic E-state index is 0.0392. The van der Waals surface area contributed by atoms with Gasteiger partial charge in [-0.05, 0) is 24.1 Å². The van der Waals surface area contributed by atoms with Gasteiger partial charge in [-0.1, -0.05) is 6.07 Å². The molecule has 0 aromatic heterocycles. The molecule has 0 unspecified atom stereocenters. The van der Waals surface area contributed by atoms with E-state index in [1.165, 1.54) is 13.4 Å². The van der Waals surface area contributed by atoms with Crippen molar-refractivity contribution in [2.24, 2.45) is 0 Å². The maximum absolute atomic E-state index is 11.4. The predicted molar refractivity (Wildman–Crippen MR) is 65.6 cm³/mol. The fourth-order valence-corrected chi connectivity index (χ4v) is 1.96. The molecule has 5 nitrogen and oxygen atoms in total. The van der Waals surface area contributed by atoms with E-state index in [1.807, 2.05) is 0 Å². The topological polar surface area (TPSA) is 86.5 Å². The van der Waals surface area contributed by atoms with Crippen molar-refractivity contribution in [2.75, 3.05) is 24.9 Å². The summed E-state index contributed by atoms with van der Waals surface area (Å²) in [7, 11) is -1.75. The Morgan fingerprint density at radius 1 is 1.41 bits per heavy atom. The van der Waals surface area contributed by atoms with Gasteiger partial charge in [0.1, 0.15) is 9.84 Å². The van der Waals surface area contributed by atoms with Crippen molar-refractivity contribution in [3.63, 3.8) is 0 Å². The van der Waals surface area contributed by atoms with Crippen molar-refractivity contribution in [2.45, 2.75) is 6.42 Å². The van der Waals surface area contributed by atoms with Gasteiger partial charge in [0.2, 0.25) is 0 Å². The largest absolute Gasteiger partial charge is 0.465 e. The highest BCUT2D eigenvalue weighted by Crippen LogP contribution is 2.16. The number of esters is 1. The molecule has 1 aromatic carbocycles. The molecule has 0 atom stereocenters. The molecular formula is C11H15NO4S. The lowest BCUT2D eigenvalue weighted by Gasteiger charge is -2.06. The van der Waals surface area contributed by atoms with Gasteiger partial charge < -0.3 is 10.5 Å². The third kappa shape index (κ3) is 4.07. The smallest absolute Gasteiger partial charge is 0.339 e. The van der Waals surface area contributed by atoms with Crippen molar-refractivity contribution in [3.05, 3.63) is 29.3 Å². The van der Waals surface area contributed by atoms with E-state index in [9.17, 15) is 13.2 Å². The number of rotatable bonds is 4. The number of hydrogen-bond acceptors (Lipinski definition) is 5. The van der Waals surface area contributed by atoms with Crippen LogP contribution >= 0.6 is 0 Å². The van der Waals surface area contributed by atoms with Crippen molar-refractivity contribution in [1.29, 1.82) is 0 Å². The van der Waals surface area contributed by atoms with Crippen LogP contribution in [0.1, 0.15) is 15.9 Å². The molecule has 0 amide bonds. The Hall–Kier alpha value is -1.56. The maximum atomic E-state index is 11.4. The highest BCUT2D eigenvalue weighted by molar-refractivity contribution is 7.90. The number of sulfone groups is 1. The zero-order valence-corrected chi connectivity index (χ0v) is 10.6. The Morgan fingerprint density at radius 3 is 2.59 bits per heavy atom. The first kappa shape index (κ1) is 13.5. The van der Waals surface area contributed by atoms with Gasteiger partial charge in [0, 0.05) is 11.9 Å². The van der Waals surface area contributed by atoms with Crippen molar-refractivity contribution in [1.82, 2.24) is 0 Å². The summed E-state index contributed by atoms with van der Waals surface area (Å²) in [6.45, 7) is 0. The number of ether oxygens (including phenoxy) is 1. The minimum Gasteiger partial charge on any atom is -0.465 e. The van der Waals surface area contributed by atoms with Crippen LogP contribution in [0.5, 0.6) is 0 Å². The molecule has 0 fully saturated rings. The first-order valence-electron chi connectivity index (χ1n) is 4.98. The molecule has 1 rings (SSSR count). The van der Waals surface area contributed by atoms with Crippen molar-refractivity contribution >= 4 is 21.5 Å². The molecule has 94 valence electrons. The number of benzene rings is 1. The molecule has 0 aliphatic rings. The number of carbonyl (C=O) groups excluding carboxylic acids is 1. The first-order valence-corrected chi connectivity index (χ1v) is 7.04. The van der Waals surface area contributed by atoms with E-state index in [4.69, 9.17) is 5.73 Å². The Kier molecular flexibility index (Phi) is 4.11. The summed E-state index contributed by atoms with van der Waals surface area (Å²) in [5.74, 6) is -0.485. The average Bonchev–Trinajstić information content (AvgIpc) is 2.26. The van der Waals surface area contributed by atoms with E-state index in [0.717, 1.165) is 5.56 Å². The molecule has 0 radical (unpaired) electrons. The zero-order chi connectivity index (χ0) is 13.1. The summed E-state index contributed by atoms with van der Waals surface area (Å²) in [6, 6.07) is 4.84. The molecule has 0 heterocycles. The average molecular weight is 257 g/mol. The van der Waals surface area contributed by atoms with Crippen molar-refractivity contribution < 1.29 is 17.9 Å². The summed E-state index contributed by atoms with van der Waals surface area (Å²) >= 11 is 0. The van der Waals surface area contributed by atoms with Crippen LogP contribution in [-0.2, 0) is 21.0 Å². The summed E-state index contributed by atoms with van der Waals surface area (Å²) in [5.41, 5.74) is 6.95. The van der Waals surface area contributed by atoms with E-state index in [1.54, 1.807) is 18.2 Å². The molecule has 2 N–H and O–H groups in total. The molecule has 0 bridgehead atoms. The Morgan fingerprint density at radius 2 is 2.06 bits per heavy atom. The van der Waals surface area contributed by atoms with Crippen LogP contribution in [0.15, 0.2) is 18.2 Å². The van der Waals surface area contributed by atoms with Gasteiger partial charge in [0.15, 0.2) is 0 Å². The van der Waals surface area contributed by atoms with Gasteiger partial charge in [-0.15, -0.1) is 0 Å². The molecule has 0 aliphatic carbocycles. The zero-order valence-electron chi connectivity index (χ0n) is 9.76. The van der Waals surface area contributed by atoms with Crippen LogP contribution in [0, 0.1) is 0 Å². The van der Waals surface area contributed by atoms with E-state index in [0.29, 0.717) is 12.1 Å². The van der Waals surface area contributed by atoms with Gasteiger partial charge in [-0.2, -0.15) is 0 Å². The van der Waals surface area contributed by atoms with Gasteiger partial charge in [0.25, 0.3) is 0 Å². The fraction of sp³-hybridized carbons (Fsp3) is 0.364. The second-order valence-electron chi connectivity index (χ2n) is 3.79. The number of nitrogen functional groups attached to an aromatic ring is 1. The molecule has 6 heteroatoms. The maximum Gasteiger partial charge on any atom is 0.339 e. The van der Waals surface area contributed by atoms with E-state index < -0.39 is 15.8 Å². The quantitative estimate of drug-likeness (QED) is 0.632. The predicted octanol–water partition coefficient (Wildman–Crippen LogP) is 0.643. The molecule has 17 heavy (non-hydrogen) atoms. The summed E-state index contributed by atoms with van der Waals surface area (Å²) in [4.78, 5) is 11.4. The molecule has 0 spiro atoms. The van der Waals surface area contributed by atoms with Crippen LogP contribution in [0.25, 0.3) is 0 Å². The van der Waals surface area contributed by atoms with E-state index >= 15 is 0 Å². The first-order chi connectivity index (χ1) is 7.83. The Balaban J connectivity index is 2.93. The summed E-state index contributed by atoms with van der Waals surface area (Å²) in [6.07, 6.45) is 1.52. The summed E-state index contributed by atoms with van der Waals surface area (Å²) in [5, 5.41) is 0. The second-order valence-corrected chi connectivity index (χ2v) is 6.05. The minimum atomic E-state index is -3.02. The lowest BCUT2D eigenvalue weighted by Crippen LogP contribution is -2.09. The van der Waals surface area contributed by atoms with Gasteiger partial charge in [0.05, 0.1) is 18.4 Å². The molecule has 0 saturated carbocycles. The number of carbonyl (C=O) groups is 1. The van der Waals surface area contributed by atoms with E-state index in [2.05, 4.69) is 4.74 Å². The number of anilines is 1. The fourth-order valence-electron chi connectivity index (χ4n) is 1.35. The van der Waals surface area contributed by atoms with Gasteiger partial charge in [-0.25, -0.2) is 13.2 Å². The normalized spacial score (nSPS) is 11.2. The van der Waals surface area contributed by atoms with Crippen LogP contribution < -0.4 is 5.73 Å². The van der Waals surface area contributed by atoms with E-state index in [-0.39, 0.29) is 11.3 Å². The van der Waals surface area contributed by atoms with Crippen LogP contribution in [0.4, 0.5) is 5.69 Å². The third-order valence-corrected chi connectivity index (χ3v) is 3.23. The van der Waals surface area contributed by atoms with Crippen molar-refractivity contribution in [3.8, 4) is 0 Å². The Labute approximate surface area is 100 Å². The highest BCUT2D eigenvalue weighted by Gasteiger charge is 2.11. The number of nitrogens with two attached hydrogens (primary N) is 1. The number of aryl methyl sites for hydroxylation is 1. The standard InChI is InChI=1S/C11H15NO4S/c1-16-11(13)9-7-8(3-4-10(9)12)5-6-17(2,14)15/h3-4,7H,5-6,12H2,1-2H3. The highest BCUT2D eigenvalue weighted by atomic mass is 32.2. The third-order valence-electron chi connectivity index (χ3n) is 2.28. The van der Waals surface area contributed by atoms with Crippen LogP contribution in [0.3, 0.4) is 0 Å². The van der Waals surface area contributed by atoms with Crippen LogP contribution in [-0.4, -0.2) is 33.5 Å². The monoisotopic (exact) mass is 257 g/mol. The van der Waals surface area contributed by atoms with Crippen LogP contribution in [0.2, 0.25) is 0 Å². The number of hydrogen-bond donors (Lipinski definition) is 1. The van der Waals surface area contributed by atoms with Gasteiger partial charge >= 0.3 is 5.97 Å². The number of methoxy groups -OCH3 is 1. The molecular weight excluding hydrogens is 242 g/mol. The van der Waals surface area contributed by atoms with Gasteiger partial charge in [-0.3, -0.25) is 0 Å². The molecule has 0 aliphatic heterocycles. The SMILES string of the molecule is COC(=O)c1cc(CCS(C)(=O)=O)ccc1N. The second kappa shape index (κ2) is 5.18. The lowest BCUT2D eigenvalue weighted by atomic mass is 10.1. The molecule has 0 saturated heterocycles. The molecule has 1 aromatic rings. The Bertz CT molecular complexity index is 522. The lowest BCUT2D eigenvalue weighted by molar-refractivity contribution is 0.0602. The summed E-state index contributed by atoms with van der Waals surface area (Å²) < 4.78 is 26.6.